The van der Waals surface area contributed by atoms with Crippen molar-refractivity contribution >= 4 is 17.5 Å². The van der Waals surface area contributed by atoms with Gasteiger partial charge in [0.15, 0.2) is 0 Å². The number of anilines is 1. The second-order valence-corrected chi connectivity index (χ2v) is 6.58. The van der Waals surface area contributed by atoms with Crippen LogP contribution in [0.2, 0.25) is 0 Å². The van der Waals surface area contributed by atoms with Gasteiger partial charge in [-0.3, -0.25) is 9.59 Å². The second-order valence-electron chi connectivity index (χ2n) is 6.58. The van der Waals surface area contributed by atoms with Gasteiger partial charge in [0.25, 0.3) is 0 Å². The van der Waals surface area contributed by atoms with E-state index in [0.29, 0.717) is 19.7 Å². The number of nitrogens with zero attached hydrogens (tertiary/aromatic N) is 2. The molecule has 1 atom stereocenters. The molecule has 0 saturated carbocycles. The molecular formula is C20H25N3O3. The predicted octanol–water partition coefficient (Wildman–Crippen LogP) is 2.40. The number of amides is 2. The topological polar surface area (TPSA) is 63.6 Å². The van der Waals surface area contributed by atoms with Crippen LogP contribution in [0.3, 0.4) is 0 Å². The fraction of sp³-hybridized carbons (Fsp3) is 0.400. The molecule has 0 aliphatic carbocycles. The van der Waals surface area contributed by atoms with Gasteiger partial charge in [-0.05, 0) is 50.2 Å². The summed E-state index contributed by atoms with van der Waals surface area (Å²) in [5, 5.41) is 2.95. The van der Waals surface area contributed by atoms with E-state index >= 15 is 0 Å². The Morgan fingerprint density at radius 3 is 2.58 bits per heavy atom. The molecule has 0 radical (unpaired) electrons. The molecule has 2 aromatic rings. The van der Waals surface area contributed by atoms with Gasteiger partial charge in [-0.2, -0.15) is 0 Å². The molecule has 6 nitrogen and oxygen atoms in total. The summed E-state index contributed by atoms with van der Waals surface area (Å²) in [4.78, 5) is 26.5. The van der Waals surface area contributed by atoms with Gasteiger partial charge in [0.05, 0.1) is 19.1 Å². The molecule has 1 aromatic heterocycles. The van der Waals surface area contributed by atoms with Crippen LogP contribution in [0.4, 0.5) is 5.69 Å². The molecule has 1 aliphatic heterocycles. The first-order valence-corrected chi connectivity index (χ1v) is 8.91. The molecule has 138 valence electrons. The summed E-state index contributed by atoms with van der Waals surface area (Å²) in [6, 6.07) is 11.4. The molecular weight excluding hydrogens is 330 g/mol. The Bertz CT molecular complexity index is 795. The van der Waals surface area contributed by atoms with Crippen molar-refractivity contribution in [3.05, 3.63) is 47.8 Å². The molecule has 6 heteroatoms. The highest BCUT2D eigenvalue weighted by Gasteiger charge is 2.35. The first-order valence-electron chi connectivity index (χ1n) is 8.91. The van der Waals surface area contributed by atoms with Gasteiger partial charge in [-0.25, -0.2) is 0 Å². The summed E-state index contributed by atoms with van der Waals surface area (Å²) >= 11 is 0. The Morgan fingerprint density at radius 2 is 1.96 bits per heavy atom. The molecule has 0 unspecified atom stereocenters. The van der Waals surface area contributed by atoms with E-state index in [0.717, 1.165) is 22.8 Å². The van der Waals surface area contributed by atoms with E-state index in [1.165, 1.54) is 0 Å². The van der Waals surface area contributed by atoms with Gasteiger partial charge in [0.1, 0.15) is 5.75 Å². The molecule has 2 heterocycles. The highest BCUT2D eigenvalue weighted by atomic mass is 16.5. The van der Waals surface area contributed by atoms with Crippen LogP contribution in [0.5, 0.6) is 5.75 Å². The number of nitrogens with one attached hydrogen (secondary N) is 1. The van der Waals surface area contributed by atoms with Crippen molar-refractivity contribution in [1.82, 2.24) is 9.88 Å². The minimum absolute atomic E-state index is 0.0241. The van der Waals surface area contributed by atoms with E-state index in [-0.39, 0.29) is 24.2 Å². The number of aromatic nitrogens is 1. The molecule has 0 bridgehead atoms. The molecule has 2 amide bonds. The molecule has 0 spiro atoms. The van der Waals surface area contributed by atoms with E-state index < -0.39 is 0 Å². The highest BCUT2D eigenvalue weighted by molar-refractivity contribution is 6.00. The van der Waals surface area contributed by atoms with Crippen LogP contribution in [-0.2, 0) is 23.2 Å². The lowest BCUT2D eigenvalue weighted by molar-refractivity contribution is -0.126. The Morgan fingerprint density at radius 1 is 1.23 bits per heavy atom. The lowest BCUT2D eigenvalue weighted by Crippen LogP contribution is -2.33. The minimum Gasteiger partial charge on any atom is -0.494 e. The predicted molar refractivity (Wildman–Crippen MR) is 100 cm³/mol. The van der Waals surface area contributed by atoms with Crippen molar-refractivity contribution in [2.75, 3.05) is 18.1 Å². The number of rotatable bonds is 6. The summed E-state index contributed by atoms with van der Waals surface area (Å²) < 4.78 is 7.47. The van der Waals surface area contributed by atoms with Crippen LogP contribution < -0.4 is 15.0 Å². The quantitative estimate of drug-likeness (QED) is 0.865. The number of carbonyl (C=O) groups is 2. The Hall–Kier alpha value is -2.76. The zero-order valence-electron chi connectivity index (χ0n) is 15.5. The van der Waals surface area contributed by atoms with Crippen LogP contribution in [0.1, 0.15) is 24.7 Å². The molecule has 1 aromatic carbocycles. The summed E-state index contributed by atoms with van der Waals surface area (Å²) in [5.74, 6) is 0.347. The van der Waals surface area contributed by atoms with Gasteiger partial charge < -0.3 is 19.5 Å². The standard InChI is InChI=1S/C20H25N3O3/c1-4-26-18-9-7-16(8-10-18)23-13-15(11-19(23)24)20(25)21-12-17-6-5-14(2)22(17)3/h5-10,15H,4,11-13H2,1-3H3,(H,21,25)/t15-/m1/s1. The average Bonchev–Trinajstić information content (AvgIpc) is 3.17. The summed E-state index contributed by atoms with van der Waals surface area (Å²) in [7, 11) is 1.98. The van der Waals surface area contributed by atoms with Crippen molar-refractivity contribution in [2.24, 2.45) is 13.0 Å². The van der Waals surface area contributed by atoms with E-state index in [9.17, 15) is 9.59 Å². The lowest BCUT2D eigenvalue weighted by atomic mass is 10.1. The fourth-order valence-electron chi connectivity index (χ4n) is 3.19. The SMILES string of the molecule is CCOc1ccc(N2C[C@H](C(=O)NCc3ccc(C)n3C)CC2=O)cc1. The maximum atomic E-state index is 12.5. The van der Waals surface area contributed by atoms with Crippen LogP contribution in [0.15, 0.2) is 36.4 Å². The first kappa shape index (κ1) is 18.0. The van der Waals surface area contributed by atoms with Crippen molar-refractivity contribution in [1.29, 1.82) is 0 Å². The van der Waals surface area contributed by atoms with E-state index in [4.69, 9.17) is 4.74 Å². The summed E-state index contributed by atoms with van der Waals surface area (Å²) in [5.41, 5.74) is 2.99. The van der Waals surface area contributed by atoms with Crippen molar-refractivity contribution in [2.45, 2.75) is 26.8 Å². The van der Waals surface area contributed by atoms with E-state index in [2.05, 4.69) is 5.32 Å². The number of hydrogen-bond donors (Lipinski definition) is 1. The molecule has 3 rings (SSSR count). The molecule has 26 heavy (non-hydrogen) atoms. The summed E-state index contributed by atoms with van der Waals surface area (Å²) in [6.07, 6.45) is 0.241. The molecule has 1 saturated heterocycles. The largest absolute Gasteiger partial charge is 0.494 e. The monoisotopic (exact) mass is 355 g/mol. The average molecular weight is 355 g/mol. The minimum atomic E-state index is -0.324. The van der Waals surface area contributed by atoms with Crippen LogP contribution >= 0.6 is 0 Å². The van der Waals surface area contributed by atoms with Crippen LogP contribution in [0.25, 0.3) is 0 Å². The third-order valence-corrected chi connectivity index (χ3v) is 4.88. The van der Waals surface area contributed by atoms with Crippen molar-refractivity contribution < 1.29 is 14.3 Å². The zero-order chi connectivity index (χ0) is 18.7. The van der Waals surface area contributed by atoms with Crippen molar-refractivity contribution in [3.63, 3.8) is 0 Å². The Kier molecular flexibility index (Phi) is 5.30. The normalized spacial score (nSPS) is 16.8. The van der Waals surface area contributed by atoms with E-state index in [1.54, 1.807) is 4.90 Å². The lowest BCUT2D eigenvalue weighted by Gasteiger charge is -2.17. The van der Waals surface area contributed by atoms with Gasteiger partial charge >= 0.3 is 0 Å². The maximum Gasteiger partial charge on any atom is 0.227 e. The van der Waals surface area contributed by atoms with Crippen molar-refractivity contribution in [3.8, 4) is 5.75 Å². The number of hydrogen-bond acceptors (Lipinski definition) is 3. The van der Waals surface area contributed by atoms with Crippen LogP contribution in [-0.4, -0.2) is 29.5 Å². The number of aryl methyl sites for hydroxylation is 1. The van der Waals surface area contributed by atoms with Gasteiger partial charge in [-0.15, -0.1) is 0 Å². The third-order valence-electron chi connectivity index (χ3n) is 4.88. The van der Waals surface area contributed by atoms with Gasteiger partial charge in [-0.1, -0.05) is 0 Å². The molecule has 1 fully saturated rings. The zero-order valence-corrected chi connectivity index (χ0v) is 15.5. The number of ether oxygens (including phenoxy) is 1. The van der Waals surface area contributed by atoms with E-state index in [1.807, 2.05) is 61.9 Å². The molecule has 1 aliphatic rings. The van der Waals surface area contributed by atoms with Crippen LogP contribution in [0, 0.1) is 12.8 Å². The highest BCUT2D eigenvalue weighted by Crippen LogP contribution is 2.27. The fourth-order valence-corrected chi connectivity index (χ4v) is 3.19. The third kappa shape index (κ3) is 3.74. The molecule has 1 N–H and O–H groups in total. The van der Waals surface area contributed by atoms with Gasteiger partial charge in [0, 0.05) is 37.1 Å². The Balaban J connectivity index is 1.59. The number of carbonyl (C=O) groups excluding carboxylic acids is 2. The van der Waals surface area contributed by atoms with Gasteiger partial charge in [0.2, 0.25) is 11.8 Å². The maximum absolute atomic E-state index is 12.5. The smallest absolute Gasteiger partial charge is 0.227 e. The summed E-state index contributed by atoms with van der Waals surface area (Å²) in [6.45, 7) is 5.43. The first-order chi connectivity index (χ1) is 12.5. The Labute approximate surface area is 153 Å². The second kappa shape index (κ2) is 7.64. The number of benzene rings is 1.